The van der Waals surface area contributed by atoms with Gasteiger partial charge in [-0.2, -0.15) is 4.31 Å². The van der Waals surface area contributed by atoms with Crippen LogP contribution in [0.4, 0.5) is 5.69 Å². The van der Waals surface area contributed by atoms with E-state index in [-0.39, 0.29) is 4.90 Å². The monoisotopic (exact) mass is 552 g/mol. The van der Waals surface area contributed by atoms with Crippen LogP contribution in [-0.4, -0.2) is 49.5 Å². The van der Waals surface area contributed by atoms with E-state index in [2.05, 4.69) is 5.32 Å². The highest BCUT2D eigenvalue weighted by atomic mass is 32.2. The molecule has 1 aliphatic carbocycles. The maximum Gasteiger partial charge on any atom is 0.320 e. The minimum Gasteiger partial charge on any atom is -0.455 e. The lowest BCUT2D eigenvalue weighted by molar-refractivity contribution is -0.147. The molecule has 1 saturated heterocycles. The van der Waals surface area contributed by atoms with Crippen molar-refractivity contribution in [1.82, 2.24) is 4.31 Å². The van der Waals surface area contributed by atoms with Crippen LogP contribution >= 0.6 is 7.14 Å². The lowest BCUT2D eigenvalue weighted by atomic mass is 10.3. The number of hydrogen-bond donors (Lipinski definition) is 1. The van der Waals surface area contributed by atoms with Crippen LogP contribution in [0.3, 0.4) is 0 Å². The van der Waals surface area contributed by atoms with Crippen molar-refractivity contribution in [2.45, 2.75) is 35.7 Å². The van der Waals surface area contributed by atoms with Gasteiger partial charge in [-0.25, -0.2) is 8.42 Å². The summed E-state index contributed by atoms with van der Waals surface area (Å²) in [4.78, 5) is 26.0. The predicted octanol–water partition coefficient (Wildman–Crippen LogP) is 3.50. The first-order chi connectivity index (χ1) is 18.3. The van der Waals surface area contributed by atoms with E-state index in [1.54, 1.807) is 48.5 Å². The fraction of sp³-hybridized carbons (Fsp3) is 0.286. The van der Waals surface area contributed by atoms with Crippen molar-refractivity contribution in [1.29, 1.82) is 0 Å². The van der Waals surface area contributed by atoms with Crippen LogP contribution in [0.5, 0.6) is 0 Å². The molecule has 0 aromatic heterocycles. The number of nitrogens with one attached hydrogen (secondary N) is 1. The normalized spacial score (nSPS) is 17.1. The number of sulfonamides is 1. The summed E-state index contributed by atoms with van der Waals surface area (Å²) in [5, 5.41) is 2.57. The number of benzene rings is 3. The molecule has 0 spiro atoms. The molecule has 1 amide bonds. The van der Waals surface area contributed by atoms with Crippen LogP contribution in [-0.2, 0) is 28.9 Å². The molecule has 8 nitrogen and oxygen atoms in total. The Hall–Kier alpha value is -3.26. The maximum absolute atomic E-state index is 14.6. The highest BCUT2D eigenvalue weighted by Crippen LogP contribution is 2.68. The van der Waals surface area contributed by atoms with Gasteiger partial charge in [0.25, 0.3) is 5.91 Å². The molecule has 198 valence electrons. The van der Waals surface area contributed by atoms with Gasteiger partial charge in [0.2, 0.25) is 10.0 Å². The van der Waals surface area contributed by atoms with Gasteiger partial charge in [-0.15, -0.1) is 0 Å². The summed E-state index contributed by atoms with van der Waals surface area (Å²) in [6.45, 7) is 0.475. The molecule has 3 aromatic carbocycles. The van der Waals surface area contributed by atoms with E-state index in [0.29, 0.717) is 42.2 Å². The summed E-state index contributed by atoms with van der Waals surface area (Å²) >= 11 is 0. The first-order valence-corrected chi connectivity index (χ1v) is 15.7. The van der Waals surface area contributed by atoms with Gasteiger partial charge in [-0.05, 0) is 49.9 Å². The van der Waals surface area contributed by atoms with Crippen LogP contribution in [0.25, 0.3) is 0 Å². The topological polar surface area (TPSA) is 110 Å². The van der Waals surface area contributed by atoms with Gasteiger partial charge in [0.05, 0.1) is 4.90 Å². The average Bonchev–Trinajstić information content (AvgIpc) is 3.57. The molecule has 0 bridgehead atoms. The Kier molecular flexibility index (Phi) is 7.27. The number of carbonyl (C=O) groups is 2. The molecule has 1 saturated carbocycles. The molecule has 1 N–H and O–H groups in total. The molecular weight excluding hydrogens is 523 g/mol. The Morgan fingerprint density at radius 2 is 1.37 bits per heavy atom. The van der Waals surface area contributed by atoms with Gasteiger partial charge >= 0.3 is 5.97 Å². The maximum atomic E-state index is 14.6. The predicted molar refractivity (Wildman–Crippen MR) is 146 cm³/mol. The van der Waals surface area contributed by atoms with Gasteiger partial charge in [0.1, 0.15) is 5.16 Å². The fourth-order valence-corrected chi connectivity index (χ4v) is 9.99. The van der Waals surface area contributed by atoms with Crippen molar-refractivity contribution >= 4 is 45.3 Å². The van der Waals surface area contributed by atoms with E-state index in [9.17, 15) is 22.6 Å². The zero-order valence-electron chi connectivity index (χ0n) is 20.8. The number of nitrogens with zero attached hydrogens (tertiary/aromatic N) is 1. The molecule has 10 heteroatoms. The zero-order chi connectivity index (χ0) is 26.8. The Balaban J connectivity index is 1.26. The van der Waals surface area contributed by atoms with E-state index >= 15 is 0 Å². The summed E-state index contributed by atoms with van der Waals surface area (Å²) in [5.74, 6) is -1.23. The second-order valence-corrected chi connectivity index (χ2v) is 14.6. The number of hydrogen-bond acceptors (Lipinski definition) is 6. The smallest absolute Gasteiger partial charge is 0.320 e. The van der Waals surface area contributed by atoms with E-state index < -0.39 is 40.8 Å². The Morgan fingerprint density at radius 3 is 1.87 bits per heavy atom. The molecule has 0 radical (unpaired) electrons. The number of ether oxygens (including phenoxy) is 1. The Labute approximate surface area is 222 Å². The third-order valence-electron chi connectivity index (χ3n) is 7.12. The number of carbonyl (C=O) groups excluding carboxylic acids is 2. The van der Waals surface area contributed by atoms with Crippen molar-refractivity contribution in [3.63, 3.8) is 0 Å². The van der Waals surface area contributed by atoms with Gasteiger partial charge in [-0.1, -0.05) is 60.7 Å². The van der Waals surface area contributed by atoms with E-state index in [0.717, 1.165) is 12.8 Å². The molecule has 0 unspecified atom stereocenters. The van der Waals surface area contributed by atoms with Crippen LogP contribution in [0.1, 0.15) is 25.7 Å². The van der Waals surface area contributed by atoms with E-state index in [1.807, 2.05) is 12.1 Å². The second-order valence-electron chi connectivity index (χ2n) is 9.57. The number of anilines is 1. The van der Waals surface area contributed by atoms with Crippen molar-refractivity contribution in [3.05, 3.63) is 84.9 Å². The summed E-state index contributed by atoms with van der Waals surface area (Å²) < 4.78 is 46.9. The molecule has 3 aromatic rings. The lowest BCUT2D eigenvalue weighted by Gasteiger charge is -2.27. The van der Waals surface area contributed by atoms with Crippen molar-refractivity contribution < 1.29 is 27.3 Å². The van der Waals surface area contributed by atoms with Gasteiger partial charge < -0.3 is 14.6 Å². The van der Waals surface area contributed by atoms with Crippen LogP contribution < -0.4 is 15.9 Å². The van der Waals surface area contributed by atoms with Crippen molar-refractivity contribution in [3.8, 4) is 0 Å². The molecule has 5 rings (SSSR count). The molecule has 0 atom stereocenters. The SMILES string of the molecule is O=C(COC(=O)C1(P(=O)(c2ccccc2)c2ccccc2)CC1)Nc1ccc(S(=O)(=O)N2CCCC2)cc1. The minimum absolute atomic E-state index is 0.164. The summed E-state index contributed by atoms with van der Waals surface area (Å²) in [5.41, 5.74) is 0.381. The molecule has 2 fully saturated rings. The number of amides is 1. The third kappa shape index (κ3) is 4.82. The fourth-order valence-electron chi connectivity index (χ4n) is 4.94. The van der Waals surface area contributed by atoms with Crippen LogP contribution in [0.2, 0.25) is 0 Å². The highest BCUT2D eigenvalue weighted by Gasteiger charge is 2.65. The third-order valence-corrected chi connectivity index (χ3v) is 12.9. The second kappa shape index (κ2) is 10.5. The first-order valence-electron chi connectivity index (χ1n) is 12.6. The highest BCUT2D eigenvalue weighted by molar-refractivity contribution is 7.89. The van der Waals surface area contributed by atoms with Gasteiger partial charge in [0.15, 0.2) is 13.7 Å². The van der Waals surface area contributed by atoms with Gasteiger partial charge in [-0.3, -0.25) is 9.59 Å². The molecule has 1 heterocycles. The lowest BCUT2D eigenvalue weighted by Crippen LogP contribution is -2.36. The van der Waals surface area contributed by atoms with E-state index in [4.69, 9.17) is 4.74 Å². The largest absolute Gasteiger partial charge is 0.455 e. The van der Waals surface area contributed by atoms with E-state index in [1.165, 1.54) is 28.6 Å². The van der Waals surface area contributed by atoms with Gasteiger partial charge in [0, 0.05) is 29.4 Å². The molecule has 1 aliphatic heterocycles. The summed E-state index contributed by atoms with van der Waals surface area (Å²) in [6, 6.07) is 23.8. The summed E-state index contributed by atoms with van der Waals surface area (Å²) in [6.07, 6.45) is 2.50. The van der Waals surface area contributed by atoms with Crippen molar-refractivity contribution in [2.24, 2.45) is 0 Å². The summed E-state index contributed by atoms with van der Waals surface area (Å²) in [7, 11) is -6.95. The Bertz CT molecular complexity index is 1420. The Morgan fingerprint density at radius 1 is 0.842 bits per heavy atom. The molecule has 2 aliphatic rings. The number of rotatable bonds is 9. The quantitative estimate of drug-likeness (QED) is 0.322. The minimum atomic E-state index is -3.55. The standard InChI is InChI=1S/C28H29N2O6PS/c31-26(29-22-13-15-25(16-14-22)38(34,35)30-19-7-8-20-30)21-36-27(32)28(17-18-28)37(33,23-9-3-1-4-10-23)24-11-5-2-6-12-24/h1-6,9-16H,7-8,17-21H2,(H,29,31). The molecular formula is C28H29N2O6PS. The number of esters is 1. The van der Waals surface area contributed by atoms with Crippen LogP contribution in [0, 0.1) is 0 Å². The van der Waals surface area contributed by atoms with Crippen molar-refractivity contribution in [2.75, 3.05) is 25.0 Å². The average molecular weight is 553 g/mol. The zero-order valence-corrected chi connectivity index (χ0v) is 22.5. The first kappa shape index (κ1) is 26.4. The van der Waals surface area contributed by atoms with Crippen LogP contribution in [0.15, 0.2) is 89.8 Å². The molecule has 38 heavy (non-hydrogen) atoms.